The number of furan rings is 1. The summed E-state index contributed by atoms with van der Waals surface area (Å²) in [4.78, 5) is 12.3. The molecule has 8 nitrogen and oxygen atoms in total. The van der Waals surface area contributed by atoms with Crippen molar-refractivity contribution in [1.29, 1.82) is 0 Å². The van der Waals surface area contributed by atoms with Gasteiger partial charge in [-0.3, -0.25) is 4.72 Å². The van der Waals surface area contributed by atoms with Gasteiger partial charge in [-0.1, -0.05) is 29.3 Å². The summed E-state index contributed by atoms with van der Waals surface area (Å²) in [7, 11) is -4.37. The van der Waals surface area contributed by atoms with Gasteiger partial charge in [0.25, 0.3) is 10.0 Å². The van der Waals surface area contributed by atoms with Gasteiger partial charge >= 0.3 is 0 Å². The molecule has 0 spiro atoms. The second-order valence-electron chi connectivity index (χ2n) is 7.76. The van der Waals surface area contributed by atoms with Crippen molar-refractivity contribution in [2.75, 3.05) is 10.0 Å². The fourth-order valence-electron chi connectivity index (χ4n) is 3.50. The first kappa shape index (κ1) is 24.9. The Hall–Kier alpha value is -3.80. The summed E-state index contributed by atoms with van der Waals surface area (Å²) in [5.74, 6) is -1.05. The van der Waals surface area contributed by atoms with Crippen LogP contribution in [0.2, 0.25) is 10.0 Å². The molecule has 0 radical (unpaired) electrons. The standard InChI is InChI=1S/C24H15Cl2F2N5O3S/c1-12-5-10-18(36-12)15-8-9-17-23(31-15)24(30-11-29-17)32-22-14(27)6-7-16(21(22)28)33-37(34,35)19-4-2-3-13(25)20(19)26/h2-11,33H,1H3,(H,29,30,32). The van der Waals surface area contributed by atoms with Crippen LogP contribution in [0.25, 0.3) is 22.5 Å². The number of nitrogens with zero attached hydrogens (tertiary/aromatic N) is 3. The van der Waals surface area contributed by atoms with Crippen LogP contribution < -0.4 is 10.0 Å². The zero-order chi connectivity index (χ0) is 26.3. The Morgan fingerprint density at radius 3 is 2.54 bits per heavy atom. The van der Waals surface area contributed by atoms with Crippen molar-refractivity contribution >= 4 is 61.5 Å². The molecule has 0 saturated heterocycles. The molecule has 0 amide bonds. The van der Waals surface area contributed by atoms with E-state index in [1.165, 1.54) is 24.5 Å². The lowest BCUT2D eigenvalue weighted by atomic mass is 10.2. The van der Waals surface area contributed by atoms with Crippen LogP contribution in [0.5, 0.6) is 0 Å². The fraction of sp³-hybridized carbons (Fsp3) is 0.0417. The van der Waals surface area contributed by atoms with E-state index >= 15 is 4.39 Å². The largest absolute Gasteiger partial charge is 0.460 e. The lowest BCUT2D eigenvalue weighted by molar-refractivity contribution is 0.546. The molecule has 2 N–H and O–H groups in total. The van der Waals surface area contributed by atoms with Crippen molar-refractivity contribution in [3.8, 4) is 11.5 Å². The minimum Gasteiger partial charge on any atom is -0.460 e. The molecule has 0 atom stereocenters. The van der Waals surface area contributed by atoms with Gasteiger partial charge in [0.2, 0.25) is 0 Å². The highest BCUT2D eigenvalue weighted by molar-refractivity contribution is 7.92. The number of sulfonamides is 1. The molecule has 0 fully saturated rings. The number of anilines is 3. The third kappa shape index (κ3) is 4.80. The molecular weight excluding hydrogens is 547 g/mol. The molecule has 5 aromatic rings. The topological polar surface area (TPSA) is 110 Å². The highest BCUT2D eigenvalue weighted by Gasteiger charge is 2.24. The molecule has 2 aromatic carbocycles. The Morgan fingerprint density at radius 1 is 0.973 bits per heavy atom. The number of fused-ring (bicyclic) bond motifs is 1. The second kappa shape index (κ2) is 9.58. The van der Waals surface area contributed by atoms with Crippen molar-refractivity contribution < 1.29 is 21.6 Å². The summed E-state index contributed by atoms with van der Waals surface area (Å²) in [6.45, 7) is 1.79. The molecule has 0 saturated carbocycles. The molecule has 13 heteroatoms. The lowest BCUT2D eigenvalue weighted by Crippen LogP contribution is -2.15. The number of aromatic nitrogens is 3. The van der Waals surface area contributed by atoms with Crippen LogP contribution >= 0.6 is 23.2 Å². The highest BCUT2D eigenvalue weighted by atomic mass is 35.5. The van der Waals surface area contributed by atoms with Gasteiger partial charge in [-0.15, -0.1) is 0 Å². The summed E-state index contributed by atoms with van der Waals surface area (Å²) < 4.78 is 63.6. The molecule has 0 aliphatic carbocycles. The number of nitrogens with one attached hydrogen (secondary N) is 2. The van der Waals surface area contributed by atoms with E-state index in [1.807, 2.05) is 0 Å². The van der Waals surface area contributed by atoms with Crippen LogP contribution in [0.3, 0.4) is 0 Å². The zero-order valence-corrected chi connectivity index (χ0v) is 21.1. The lowest BCUT2D eigenvalue weighted by Gasteiger charge is -2.15. The van der Waals surface area contributed by atoms with E-state index in [9.17, 15) is 12.8 Å². The van der Waals surface area contributed by atoms with Crippen LogP contribution in [0, 0.1) is 18.6 Å². The van der Waals surface area contributed by atoms with E-state index in [1.54, 1.807) is 31.2 Å². The van der Waals surface area contributed by atoms with Gasteiger partial charge in [-0.05, 0) is 55.5 Å². The predicted octanol–water partition coefficient (Wildman–Crippen LogP) is 6.72. The Morgan fingerprint density at radius 2 is 1.78 bits per heavy atom. The Labute approximate surface area is 219 Å². The normalized spacial score (nSPS) is 11.6. The van der Waals surface area contributed by atoms with Gasteiger partial charge in [0, 0.05) is 0 Å². The van der Waals surface area contributed by atoms with Crippen molar-refractivity contribution in [2.24, 2.45) is 0 Å². The number of hydrogen-bond acceptors (Lipinski definition) is 7. The van der Waals surface area contributed by atoms with Gasteiger partial charge in [-0.2, -0.15) is 0 Å². The van der Waals surface area contributed by atoms with E-state index in [0.29, 0.717) is 22.7 Å². The van der Waals surface area contributed by atoms with Gasteiger partial charge in [0.05, 0.1) is 21.2 Å². The average Bonchev–Trinajstić information content (AvgIpc) is 3.31. The molecule has 3 aromatic heterocycles. The van der Waals surface area contributed by atoms with E-state index in [2.05, 4.69) is 25.0 Å². The average molecular weight is 562 g/mol. The molecule has 5 rings (SSSR count). The monoisotopic (exact) mass is 561 g/mol. The van der Waals surface area contributed by atoms with Gasteiger partial charge in [0.1, 0.15) is 39.7 Å². The van der Waals surface area contributed by atoms with E-state index in [0.717, 1.165) is 12.1 Å². The smallest absolute Gasteiger partial charge is 0.263 e. The molecule has 188 valence electrons. The molecule has 0 unspecified atom stereocenters. The van der Waals surface area contributed by atoms with Crippen molar-refractivity contribution in [2.45, 2.75) is 11.8 Å². The van der Waals surface area contributed by atoms with Crippen molar-refractivity contribution in [3.05, 3.63) is 88.4 Å². The molecule has 0 aliphatic heterocycles. The number of hydrogen-bond donors (Lipinski definition) is 2. The predicted molar refractivity (Wildman–Crippen MR) is 137 cm³/mol. The first-order chi connectivity index (χ1) is 17.6. The minimum absolute atomic E-state index is 0.00121. The fourth-order valence-corrected chi connectivity index (χ4v) is 5.32. The van der Waals surface area contributed by atoms with Crippen LogP contribution in [-0.2, 0) is 10.0 Å². The Bertz CT molecular complexity index is 1780. The van der Waals surface area contributed by atoms with E-state index in [4.69, 9.17) is 27.6 Å². The maximum atomic E-state index is 15.4. The van der Waals surface area contributed by atoms with Crippen molar-refractivity contribution in [1.82, 2.24) is 15.0 Å². The SMILES string of the molecule is Cc1ccc(-c2ccc3ncnc(Nc4c(F)ccc(NS(=O)(=O)c5cccc(Cl)c5Cl)c4F)c3n2)o1. The molecule has 0 aliphatic rings. The van der Waals surface area contributed by atoms with Crippen LogP contribution in [0.4, 0.5) is 26.0 Å². The number of pyridine rings is 1. The van der Waals surface area contributed by atoms with Crippen LogP contribution in [-0.4, -0.2) is 23.4 Å². The minimum atomic E-state index is -4.37. The summed E-state index contributed by atoms with van der Waals surface area (Å²) >= 11 is 11.9. The summed E-state index contributed by atoms with van der Waals surface area (Å²) in [5.41, 5.74) is -0.113. The third-order valence-electron chi connectivity index (χ3n) is 5.26. The first-order valence-electron chi connectivity index (χ1n) is 10.5. The first-order valence-corrected chi connectivity index (χ1v) is 12.8. The maximum absolute atomic E-state index is 15.4. The third-order valence-corrected chi connectivity index (χ3v) is 7.60. The van der Waals surface area contributed by atoms with Crippen molar-refractivity contribution in [3.63, 3.8) is 0 Å². The zero-order valence-electron chi connectivity index (χ0n) is 18.8. The van der Waals surface area contributed by atoms with Crippen LogP contribution in [0.15, 0.2) is 70.2 Å². The van der Waals surface area contributed by atoms with E-state index < -0.39 is 33.0 Å². The molecule has 3 heterocycles. The number of aryl methyl sites for hydroxylation is 1. The molecular formula is C24H15Cl2F2N5O3S. The molecule has 37 heavy (non-hydrogen) atoms. The van der Waals surface area contributed by atoms with Gasteiger partial charge in [-0.25, -0.2) is 32.2 Å². The summed E-state index contributed by atoms with van der Waals surface area (Å²) in [5, 5.41) is 2.34. The maximum Gasteiger partial charge on any atom is 0.263 e. The molecule has 0 bridgehead atoms. The summed E-state index contributed by atoms with van der Waals surface area (Å²) in [6, 6.07) is 12.7. The number of rotatable bonds is 6. The second-order valence-corrected chi connectivity index (χ2v) is 10.2. The highest BCUT2D eigenvalue weighted by Crippen LogP contribution is 2.34. The summed E-state index contributed by atoms with van der Waals surface area (Å²) in [6.07, 6.45) is 1.20. The quantitative estimate of drug-likeness (QED) is 0.236. The Balaban J connectivity index is 1.53. The van der Waals surface area contributed by atoms with E-state index in [-0.39, 0.29) is 26.3 Å². The van der Waals surface area contributed by atoms with Crippen LogP contribution in [0.1, 0.15) is 5.76 Å². The van der Waals surface area contributed by atoms with Gasteiger partial charge < -0.3 is 9.73 Å². The number of halogens is 4. The Kier molecular flexibility index (Phi) is 6.44. The van der Waals surface area contributed by atoms with Gasteiger partial charge in [0.15, 0.2) is 17.4 Å². The number of benzene rings is 2.